The molecular formula is C17H19N5O2S. The fourth-order valence-electron chi connectivity index (χ4n) is 2.19. The van der Waals surface area contributed by atoms with Crippen LogP contribution in [0.1, 0.15) is 42.2 Å². The van der Waals surface area contributed by atoms with Gasteiger partial charge in [-0.15, -0.1) is 5.10 Å². The summed E-state index contributed by atoms with van der Waals surface area (Å²) < 4.78 is 5.00. The van der Waals surface area contributed by atoms with E-state index in [0.717, 1.165) is 11.4 Å². The minimum absolute atomic E-state index is 0.208. The molecule has 0 aliphatic rings. The molecule has 0 fully saturated rings. The lowest BCUT2D eigenvalue weighted by Crippen LogP contribution is -2.19. The standard InChI is InChI=1S/C17H19N5O2S/c1-10(2)15-19-17(21-20-15)25-14(12-7-5-4-6-8-12)16(23)18-13-9-11(3)24-22-13/h4-10,14H,1-3H3,(H,18,22,23)(H,19,20,21)/t14-/m0/s1. The van der Waals surface area contributed by atoms with Crippen molar-refractivity contribution in [1.29, 1.82) is 0 Å². The second-order valence-corrected chi connectivity index (χ2v) is 6.95. The summed E-state index contributed by atoms with van der Waals surface area (Å²) in [4.78, 5) is 17.2. The second-order valence-electron chi connectivity index (χ2n) is 5.88. The molecule has 0 aliphatic heterocycles. The summed E-state index contributed by atoms with van der Waals surface area (Å²) in [7, 11) is 0. The Hall–Kier alpha value is -2.61. The molecule has 0 unspecified atom stereocenters. The summed E-state index contributed by atoms with van der Waals surface area (Å²) in [6.45, 7) is 5.83. The maximum absolute atomic E-state index is 12.8. The van der Waals surface area contributed by atoms with Crippen LogP contribution < -0.4 is 5.32 Å². The number of nitrogens with zero attached hydrogens (tertiary/aromatic N) is 3. The summed E-state index contributed by atoms with van der Waals surface area (Å²) in [5.41, 5.74) is 0.862. The molecule has 0 aliphatic carbocycles. The van der Waals surface area contributed by atoms with Crippen molar-refractivity contribution < 1.29 is 9.32 Å². The number of nitrogens with one attached hydrogen (secondary N) is 2. The van der Waals surface area contributed by atoms with Gasteiger partial charge in [-0.1, -0.05) is 61.1 Å². The second kappa shape index (κ2) is 7.52. The molecule has 7 nitrogen and oxygen atoms in total. The van der Waals surface area contributed by atoms with Gasteiger partial charge in [0.05, 0.1) is 0 Å². The Bertz CT molecular complexity index is 844. The van der Waals surface area contributed by atoms with E-state index in [1.165, 1.54) is 11.8 Å². The van der Waals surface area contributed by atoms with Crippen LogP contribution >= 0.6 is 11.8 Å². The lowest BCUT2D eigenvalue weighted by molar-refractivity contribution is -0.115. The summed E-state index contributed by atoms with van der Waals surface area (Å²) >= 11 is 1.29. The number of benzene rings is 1. The number of aromatic amines is 1. The van der Waals surface area contributed by atoms with Gasteiger partial charge in [-0.3, -0.25) is 9.89 Å². The molecule has 2 heterocycles. The Morgan fingerprint density at radius 2 is 2.04 bits per heavy atom. The predicted octanol–water partition coefficient (Wildman–Crippen LogP) is 3.70. The van der Waals surface area contributed by atoms with Gasteiger partial charge in [0.15, 0.2) is 5.82 Å². The van der Waals surface area contributed by atoms with Gasteiger partial charge < -0.3 is 9.84 Å². The van der Waals surface area contributed by atoms with Crippen LogP contribution in [0.3, 0.4) is 0 Å². The zero-order chi connectivity index (χ0) is 17.8. The highest BCUT2D eigenvalue weighted by Gasteiger charge is 2.25. The molecule has 130 valence electrons. The molecule has 3 rings (SSSR count). The van der Waals surface area contributed by atoms with Crippen molar-refractivity contribution in [3.8, 4) is 0 Å². The maximum Gasteiger partial charge on any atom is 0.243 e. The van der Waals surface area contributed by atoms with E-state index < -0.39 is 5.25 Å². The number of aryl methyl sites for hydroxylation is 1. The molecule has 2 aromatic heterocycles. The first-order valence-electron chi connectivity index (χ1n) is 7.91. The van der Waals surface area contributed by atoms with E-state index >= 15 is 0 Å². The summed E-state index contributed by atoms with van der Waals surface area (Å²) in [5.74, 6) is 1.85. The average Bonchev–Trinajstić information content (AvgIpc) is 3.22. The SMILES string of the molecule is Cc1cc(NC(=O)[C@@H](Sc2n[nH]c(C(C)C)n2)c2ccccc2)no1. The Labute approximate surface area is 149 Å². The van der Waals surface area contributed by atoms with Crippen molar-refractivity contribution in [2.75, 3.05) is 5.32 Å². The quantitative estimate of drug-likeness (QED) is 0.653. The van der Waals surface area contributed by atoms with Gasteiger partial charge in [-0.2, -0.15) is 0 Å². The predicted molar refractivity (Wildman–Crippen MR) is 95.4 cm³/mol. The molecule has 1 amide bonds. The van der Waals surface area contributed by atoms with Crippen LogP contribution in [0.2, 0.25) is 0 Å². The molecule has 1 atom stereocenters. The van der Waals surface area contributed by atoms with Crippen LogP contribution in [0.25, 0.3) is 0 Å². The van der Waals surface area contributed by atoms with Crippen molar-refractivity contribution in [3.63, 3.8) is 0 Å². The fraction of sp³-hybridized carbons (Fsp3) is 0.294. The van der Waals surface area contributed by atoms with Gasteiger partial charge in [0.2, 0.25) is 11.1 Å². The van der Waals surface area contributed by atoms with Crippen LogP contribution in [0.4, 0.5) is 5.82 Å². The van der Waals surface area contributed by atoms with E-state index in [9.17, 15) is 4.79 Å². The van der Waals surface area contributed by atoms with Crippen molar-refractivity contribution in [3.05, 3.63) is 53.5 Å². The van der Waals surface area contributed by atoms with Crippen LogP contribution in [0, 0.1) is 6.92 Å². The number of aromatic nitrogens is 4. The van der Waals surface area contributed by atoms with Crippen LogP contribution in [-0.2, 0) is 4.79 Å². The van der Waals surface area contributed by atoms with Gasteiger partial charge in [-0.05, 0) is 12.5 Å². The molecule has 8 heteroatoms. The number of anilines is 1. The van der Waals surface area contributed by atoms with E-state index in [-0.39, 0.29) is 11.8 Å². The fourth-order valence-corrected chi connectivity index (χ4v) is 3.11. The molecule has 1 aromatic carbocycles. The number of rotatable bonds is 6. The van der Waals surface area contributed by atoms with Gasteiger partial charge in [-0.25, -0.2) is 4.98 Å². The van der Waals surface area contributed by atoms with Crippen molar-refractivity contribution >= 4 is 23.5 Å². The third-order valence-corrected chi connectivity index (χ3v) is 4.59. The van der Waals surface area contributed by atoms with Crippen molar-refractivity contribution in [1.82, 2.24) is 20.3 Å². The minimum Gasteiger partial charge on any atom is -0.360 e. The Balaban J connectivity index is 1.83. The summed E-state index contributed by atoms with van der Waals surface area (Å²) in [6.07, 6.45) is 0. The molecular weight excluding hydrogens is 338 g/mol. The average molecular weight is 357 g/mol. The molecule has 25 heavy (non-hydrogen) atoms. The summed E-state index contributed by atoms with van der Waals surface area (Å²) in [5, 5.41) is 13.7. The number of amides is 1. The highest BCUT2D eigenvalue weighted by Crippen LogP contribution is 2.34. The van der Waals surface area contributed by atoms with Crippen LogP contribution in [0.15, 0.2) is 46.1 Å². The van der Waals surface area contributed by atoms with E-state index in [2.05, 4.69) is 25.7 Å². The first-order valence-corrected chi connectivity index (χ1v) is 8.79. The minimum atomic E-state index is -0.506. The number of hydrogen-bond acceptors (Lipinski definition) is 6. The van der Waals surface area contributed by atoms with Crippen LogP contribution in [0.5, 0.6) is 0 Å². The number of H-pyrrole nitrogens is 1. The number of thioether (sulfide) groups is 1. The highest BCUT2D eigenvalue weighted by atomic mass is 32.2. The molecule has 0 bridgehead atoms. The normalized spacial score (nSPS) is 12.3. The monoisotopic (exact) mass is 357 g/mol. The topological polar surface area (TPSA) is 96.7 Å². The maximum atomic E-state index is 12.8. The molecule has 3 aromatic rings. The van der Waals surface area contributed by atoms with E-state index in [1.54, 1.807) is 13.0 Å². The smallest absolute Gasteiger partial charge is 0.243 e. The first-order chi connectivity index (χ1) is 12.0. The van der Waals surface area contributed by atoms with Gasteiger partial charge in [0.25, 0.3) is 0 Å². The number of hydrogen-bond donors (Lipinski definition) is 2. The Morgan fingerprint density at radius 3 is 2.64 bits per heavy atom. The molecule has 2 N–H and O–H groups in total. The Morgan fingerprint density at radius 1 is 1.28 bits per heavy atom. The third kappa shape index (κ3) is 4.27. The largest absolute Gasteiger partial charge is 0.360 e. The van der Waals surface area contributed by atoms with Gasteiger partial charge in [0, 0.05) is 12.0 Å². The molecule has 0 radical (unpaired) electrons. The van der Waals surface area contributed by atoms with Gasteiger partial charge in [0.1, 0.15) is 16.8 Å². The number of carbonyl (C=O) groups is 1. The van der Waals surface area contributed by atoms with Crippen molar-refractivity contribution in [2.24, 2.45) is 0 Å². The third-order valence-electron chi connectivity index (χ3n) is 3.47. The van der Waals surface area contributed by atoms with E-state index in [1.807, 2.05) is 44.2 Å². The van der Waals surface area contributed by atoms with Crippen LogP contribution in [-0.4, -0.2) is 26.2 Å². The van der Waals surface area contributed by atoms with E-state index in [0.29, 0.717) is 16.7 Å². The molecule has 0 saturated carbocycles. The lowest BCUT2D eigenvalue weighted by atomic mass is 10.1. The highest BCUT2D eigenvalue weighted by molar-refractivity contribution is 8.00. The Kier molecular flexibility index (Phi) is 5.18. The zero-order valence-electron chi connectivity index (χ0n) is 14.2. The zero-order valence-corrected chi connectivity index (χ0v) is 15.0. The van der Waals surface area contributed by atoms with Gasteiger partial charge >= 0.3 is 0 Å². The molecule has 0 spiro atoms. The van der Waals surface area contributed by atoms with E-state index in [4.69, 9.17) is 4.52 Å². The lowest BCUT2D eigenvalue weighted by Gasteiger charge is -2.14. The summed E-state index contributed by atoms with van der Waals surface area (Å²) in [6, 6.07) is 11.2. The first kappa shape index (κ1) is 17.2. The number of carbonyl (C=O) groups excluding carboxylic acids is 1. The van der Waals surface area contributed by atoms with Crippen molar-refractivity contribution in [2.45, 2.75) is 37.1 Å². The molecule has 0 saturated heterocycles.